The van der Waals surface area contributed by atoms with Gasteiger partial charge in [0.25, 0.3) is 0 Å². The molecule has 1 aromatic heterocycles. The molecule has 2 heterocycles. The van der Waals surface area contributed by atoms with Gasteiger partial charge in [-0.15, -0.1) is 11.8 Å². The Morgan fingerprint density at radius 1 is 1.17 bits per heavy atom. The van der Waals surface area contributed by atoms with Crippen molar-refractivity contribution in [2.75, 3.05) is 21.7 Å². The second kappa shape index (κ2) is 8.71. The number of nitrogen functional groups attached to an aromatic ring is 1. The first-order valence-corrected chi connectivity index (χ1v) is 11.0. The van der Waals surface area contributed by atoms with Crippen LogP contribution in [0, 0.1) is 6.92 Å². The van der Waals surface area contributed by atoms with Gasteiger partial charge in [-0.1, -0.05) is 35.9 Å². The Morgan fingerprint density at radius 3 is 2.73 bits per heavy atom. The molecule has 1 aliphatic heterocycles. The number of benzene rings is 2. The van der Waals surface area contributed by atoms with Gasteiger partial charge in [-0.05, 0) is 44.0 Å². The lowest BCUT2D eigenvalue weighted by molar-refractivity contribution is -0.116. The molecular formula is C22H24N6OS. The van der Waals surface area contributed by atoms with Crippen LogP contribution in [0.3, 0.4) is 0 Å². The molecule has 3 N–H and O–H groups in total. The highest BCUT2D eigenvalue weighted by atomic mass is 32.2. The first-order valence-electron chi connectivity index (χ1n) is 9.81. The Morgan fingerprint density at radius 2 is 1.93 bits per heavy atom. The zero-order valence-corrected chi connectivity index (χ0v) is 17.8. The van der Waals surface area contributed by atoms with Gasteiger partial charge in [-0.3, -0.25) is 4.79 Å². The van der Waals surface area contributed by atoms with E-state index in [4.69, 9.17) is 5.73 Å². The number of carbonyl (C=O) groups is 1. The van der Waals surface area contributed by atoms with E-state index in [9.17, 15) is 4.79 Å². The van der Waals surface area contributed by atoms with Crippen LogP contribution in [0.25, 0.3) is 0 Å². The minimum atomic E-state index is 0.0949. The summed E-state index contributed by atoms with van der Waals surface area (Å²) in [5, 5.41) is 3.15. The zero-order chi connectivity index (χ0) is 21.1. The number of anilines is 4. The van der Waals surface area contributed by atoms with Gasteiger partial charge in [-0.25, -0.2) is 0 Å². The summed E-state index contributed by atoms with van der Waals surface area (Å²) in [5.74, 6) is 2.02. The number of hydrogen-bond donors (Lipinski definition) is 2. The molecule has 0 saturated heterocycles. The highest BCUT2D eigenvalue weighted by Gasteiger charge is 2.30. The van der Waals surface area contributed by atoms with Crippen LogP contribution in [-0.4, -0.2) is 32.7 Å². The van der Waals surface area contributed by atoms with Crippen molar-refractivity contribution in [3.8, 4) is 0 Å². The lowest BCUT2D eigenvalue weighted by Gasteiger charge is -2.22. The molecule has 4 rings (SSSR count). The quantitative estimate of drug-likeness (QED) is 0.627. The Hall–Kier alpha value is -3.13. The molecule has 30 heavy (non-hydrogen) atoms. The predicted molar refractivity (Wildman–Crippen MR) is 122 cm³/mol. The second-order valence-electron chi connectivity index (χ2n) is 7.36. The van der Waals surface area contributed by atoms with Crippen LogP contribution in [-0.2, 0) is 17.0 Å². The molecule has 0 bridgehead atoms. The maximum atomic E-state index is 12.8. The number of carbonyl (C=O) groups excluding carboxylic acids is 1. The topological polar surface area (TPSA) is 97.0 Å². The summed E-state index contributed by atoms with van der Waals surface area (Å²) in [4.78, 5) is 27.5. The summed E-state index contributed by atoms with van der Waals surface area (Å²) < 4.78 is 0. The molecular weight excluding hydrogens is 396 g/mol. The number of amides is 1. The maximum Gasteiger partial charge on any atom is 0.237 e. The van der Waals surface area contributed by atoms with Crippen LogP contribution in [0.1, 0.15) is 23.9 Å². The van der Waals surface area contributed by atoms with E-state index in [1.54, 1.807) is 0 Å². The van der Waals surface area contributed by atoms with Crippen molar-refractivity contribution in [3.05, 3.63) is 65.5 Å². The molecule has 0 radical (unpaired) electrons. The number of hydrogen-bond acceptors (Lipinski definition) is 7. The Kier molecular flexibility index (Phi) is 5.85. The van der Waals surface area contributed by atoms with E-state index < -0.39 is 0 Å². The van der Waals surface area contributed by atoms with Crippen molar-refractivity contribution in [2.24, 2.45) is 0 Å². The number of aryl methyl sites for hydroxylation is 1. The molecule has 8 heteroatoms. The molecule has 0 fully saturated rings. The number of nitrogens with zero attached hydrogens (tertiary/aromatic N) is 4. The highest BCUT2D eigenvalue weighted by molar-refractivity contribution is 7.99. The summed E-state index contributed by atoms with van der Waals surface area (Å²) >= 11 is 1.48. The van der Waals surface area contributed by atoms with E-state index in [0.717, 1.165) is 17.8 Å². The third-order valence-electron chi connectivity index (χ3n) is 4.94. The molecule has 0 spiro atoms. The largest absolute Gasteiger partial charge is 0.368 e. The fraction of sp³-hybridized carbons (Fsp3) is 0.273. The average Bonchev–Trinajstić information content (AvgIpc) is 3.05. The van der Waals surface area contributed by atoms with E-state index in [-0.39, 0.29) is 17.9 Å². The minimum Gasteiger partial charge on any atom is -0.368 e. The molecule has 154 valence electrons. The third kappa shape index (κ3) is 4.54. The van der Waals surface area contributed by atoms with Crippen molar-refractivity contribution >= 4 is 40.9 Å². The first kappa shape index (κ1) is 20.2. The molecule has 0 aliphatic carbocycles. The number of thioether (sulfide) groups is 1. The lowest BCUT2D eigenvalue weighted by atomic mass is 10.1. The molecule has 0 saturated carbocycles. The van der Waals surface area contributed by atoms with Gasteiger partial charge >= 0.3 is 0 Å². The molecule has 0 unspecified atom stereocenters. The van der Waals surface area contributed by atoms with Gasteiger partial charge in [0.1, 0.15) is 5.82 Å². The van der Waals surface area contributed by atoms with Gasteiger partial charge in [0, 0.05) is 17.4 Å². The molecule has 1 aliphatic rings. The summed E-state index contributed by atoms with van der Waals surface area (Å²) in [6.45, 7) is 4.11. The number of rotatable bonds is 6. The Labute approximate surface area is 180 Å². The standard InChI is InChI=1S/C22H24N6OS/c1-14-7-9-17(10-8-14)24-22-26-19(25-21(23)27-22)12-30-13-20(29)28-15(2)11-16-5-3-4-6-18(16)28/h3-10,15H,11-13H2,1-2H3,(H3,23,24,25,26,27)/t15-/m0/s1. The smallest absolute Gasteiger partial charge is 0.237 e. The van der Waals surface area contributed by atoms with Gasteiger partial charge in [0.05, 0.1) is 11.5 Å². The SMILES string of the molecule is Cc1ccc(Nc2nc(N)nc(CSCC(=O)N3c4ccccc4C[C@@H]3C)n2)cc1. The number of fused-ring (bicyclic) bond motifs is 1. The lowest BCUT2D eigenvalue weighted by Crippen LogP contribution is -2.37. The summed E-state index contributed by atoms with van der Waals surface area (Å²) in [7, 11) is 0. The van der Waals surface area contributed by atoms with Crippen LogP contribution in [0.5, 0.6) is 0 Å². The second-order valence-corrected chi connectivity index (χ2v) is 8.35. The summed E-state index contributed by atoms with van der Waals surface area (Å²) in [5.41, 5.74) is 10.1. The van der Waals surface area contributed by atoms with Crippen LogP contribution in [0.4, 0.5) is 23.3 Å². The molecule has 1 atom stereocenters. The van der Waals surface area contributed by atoms with Crippen LogP contribution in [0.2, 0.25) is 0 Å². The van der Waals surface area contributed by atoms with E-state index in [2.05, 4.69) is 33.3 Å². The van der Waals surface area contributed by atoms with Crippen molar-refractivity contribution < 1.29 is 4.79 Å². The van der Waals surface area contributed by atoms with Crippen molar-refractivity contribution in [2.45, 2.75) is 32.1 Å². The zero-order valence-electron chi connectivity index (χ0n) is 17.0. The van der Waals surface area contributed by atoms with E-state index in [1.165, 1.54) is 22.9 Å². The number of aromatic nitrogens is 3. The van der Waals surface area contributed by atoms with E-state index in [1.807, 2.05) is 54.3 Å². The average molecular weight is 421 g/mol. The first-order chi connectivity index (χ1) is 14.5. The van der Waals surface area contributed by atoms with Gasteiger partial charge in [-0.2, -0.15) is 15.0 Å². The molecule has 1 amide bonds. The molecule has 3 aromatic rings. The van der Waals surface area contributed by atoms with Crippen LogP contribution < -0.4 is 16.0 Å². The van der Waals surface area contributed by atoms with Crippen LogP contribution >= 0.6 is 11.8 Å². The third-order valence-corrected chi connectivity index (χ3v) is 5.85. The summed E-state index contributed by atoms with van der Waals surface area (Å²) in [6, 6.07) is 16.2. The van der Waals surface area contributed by atoms with Crippen molar-refractivity contribution in [1.29, 1.82) is 0 Å². The molecule has 2 aromatic carbocycles. The Balaban J connectivity index is 1.37. The Bertz CT molecular complexity index is 1060. The van der Waals surface area contributed by atoms with Crippen molar-refractivity contribution in [1.82, 2.24) is 15.0 Å². The van der Waals surface area contributed by atoms with Crippen LogP contribution in [0.15, 0.2) is 48.5 Å². The van der Waals surface area contributed by atoms with E-state index in [0.29, 0.717) is 23.3 Å². The number of nitrogens with one attached hydrogen (secondary N) is 1. The van der Waals surface area contributed by atoms with Gasteiger partial charge in [0.15, 0.2) is 0 Å². The fourth-order valence-corrected chi connectivity index (χ4v) is 4.30. The maximum absolute atomic E-state index is 12.8. The minimum absolute atomic E-state index is 0.0949. The predicted octanol–water partition coefficient (Wildman–Crippen LogP) is 3.72. The normalized spacial score (nSPS) is 15.1. The number of para-hydroxylation sites is 1. The van der Waals surface area contributed by atoms with Gasteiger partial charge in [0.2, 0.25) is 17.8 Å². The fourth-order valence-electron chi connectivity index (χ4n) is 3.57. The number of nitrogens with two attached hydrogens (primary N) is 1. The highest BCUT2D eigenvalue weighted by Crippen LogP contribution is 2.32. The molecule has 7 nitrogen and oxygen atoms in total. The summed E-state index contributed by atoms with van der Waals surface area (Å²) in [6.07, 6.45) is 0.893. The van der Waals surface area contributed by atoms with E-state index >= 15 is 0 Å². The monoisotopic (exact) mass is 420 g/mol. The van der Waals surface area contributed by atoms with Gasteiger partial charge < -0.3 is 16.0 Å². The van der Waals surface area contributed by atoms with Crippen molar-refractivity contribution in [3.63, 3.8) is 0 Å².